The number of hydrogen-bond donors (Lipinski definition) is 2. The van der Waals surface area contributed by atoms with E-state index in [9.17, 15) is 19.5 Å². The summed E-state index contributed by atoms with van der Waals surface area (Å²) in [5, 5.41) is 12.2. The van der Waals surface area contributed by atoms with Gasteiger partial charge in [0.15, 0.2) is 6.04 Å². The monoisotopic (exact) mass is 380 g/mol. The van der Waals surface area contributed by atoms with Crippen molar-refractivity contribution in [3.8, 4) is 5.75 Å². The van der Waals surface area contributed by atoms with E-state index >= 15 is 0 Å². The van der Waals surface area contributed by atoms with Crippen LogP contribution in [0, 0.1) is 0 Å². The van der Waals surface area contributed by atoms with Gasteiger partial charge < -0.3 is 20.1 Å². The maximum atomic E-state index is 12.6. The number of rotatable bonds is 5. The number of benzene rings is 2. The molecule has 2 aliphatic heterocycles. The van der Waals surface area contributed by atoms with E-state index in [0.717, 1.165) is 16.9 Å². The topological polar surface area (TPSA) is 95.9 Å². The number of hydrogen-bond acceptors (Lipinski definition) is 4. The minimum Gasteiger partial charge on any atom is -0.493 e. The summed E-state index contributed by atoms with van der Waals surface area (Å²) in [4.78, 5) is 38.1. The average Bonchev–Trinajstić information content (AvgIpc) is 3.16. The average molecular weight is 380 g/mol. The van der Waals surface area contributed by atoms with E-state index in [-0.39, 0.29) is 12.5 Å². The van der Waals surface area contributed by atoms with Gasteiger partial charge in [0.05, 0.1) is 6.61 Å². The van der Waals surface area contributed by atoms with Gasteiger partial charge in [0.2, 0.25) is 11.8 Å². The van der Waals surface area contributed by atoms with Crippen molar-refractivity contribution >= 4 is 23.5 Å². The van der Waals surface area contributed by atoms with Crippen LogP contribution in [-0.2, 0) is 27.2 Å². The third kappa shape index (κ3) is 3.43. The summed E-state index contributed by atoms with van der Waals surface area (Å²) < 4.78 is 5.44. The van der Waals surface area contributed by atoms with Crippen molar-refractivity contribution in [2.45, 2.75) is 25.3 Å². The molecule has 0 aromatic heterocycles. The van der Waals surface area contributed by atoms with Crippen LogP contribution in [0.5, 0.6) is 5.75 Å². The van der Waals surface area contributed by atoms with Crippen molar-refractivity contribution < 1.29 is 24.2 Å². The summed E-state index contributed by atoms with van der Waals surface area (Å²) in [6.07, 6.45) is 1.68. The molecule has 2 amide bonds. The molecule has 1 atom stereocenters. The molecule has 7 heteroatoms. The lowest BCUT2D eigenvalue weighted by Gasteiger charge is -2.29. The Kier molecular flexibility index (Phi) is 4.73. The van der Waals surface area contributed by atoms with Gasteiger partial charge in [-0.2, -0.15) is 0 Å². The summed E-state index contributed by atoms with van der Waals surface area (Å²) in [5.74, 6) is -1.07. The van der Waals surface area contributed by atoms with Crippen LogP contribution >= 0.6 is 0 Å². The van der Waals surface area contributed by atoms with Crippen molar-refractivity contribution in [1.82, 2.24) is 5.32 Å². The van der Waals surface area contributed by atoms with Crippen LogP contribution in [0.25, 0.3) is 0 Å². The fraction of sp³-hybridized carbons (Fsp3) is 0.286. The molecule has 2 aromatic carbocycles. The Morgan fingerprint density at radius 2 is 1.93 bits per heavy atom. The molecule has 28 heavy (non-hydrogen) atoms. The number of nitrogens with zero attached hydrogens (tertiary/aromatic N) is 1. The summed E-state index contributed by atoms with van der Waals surface area (Å²) in [6.45, 7) is 0.354. The van der Waals surface area contributed by atoms with Gasteiger partial charge in [0.25, 0.3) is 0 Å². The van der Waals surface area contributed by atoms with Gasteiger partial charge in [-0.05, 0) is 41.3 Å². The van der Waals surface area contributed by atoms with E-state index in [1.165, 1.54) is 4.90 Å². The molecule has 144 valence electrons. The minimum atomic E-state index is -1.19. The lowest BCUT2D eigenvalue weighted by molar-refractivity contribution is -0.141. The predicted octanol–water partition coefficient (Wildman–Crippen LogP) is 1.84. The van der Waals surface area contributed by atoms with Crippen LogP contribution < -0.4 is 15.0 Å². The van der Waals surface area contributed by atoms with Gasteiger partial charge >= 0.3 is 5.97 Å². The highest BCUT2D eigenvalue weighted by atomic mass is 16.5. The minimum absolute atomic E-state index is 0.143. The van der Waals surface area contributed by atoms with Gasteiger partial charge in [0.1, 0.15) is 12.3 Å². The van der Waals surface area contributed by atoms with Gasteiger partial charge in [-0.15, -0.1) is 0 Å². The van der Waals surface area contributed by atoms with Crippen molar-refractivity contribution in [1.29, 1.82) is 0 Å². The standard InChI is InChI=1S/C21H20N2O5/c24-18(12-23-16-4-2-1-3-13(16)6-8-19(23)25)22-20(21(26)27)15-5-7-17-14(11-15)9-10-28-17/h1-5,7,11,20H,6,8-10,12H2,(H,22,24)(H,26,27). The number of anilines is 1. The van der Waals surface area contributed by atoms with E-state index in [4.69, 9.17) is 4.74 Å². The van der Waals surface area contributed by atoms with Crippen molar-refractivity contribution in [3.05, 3.63) is 59.2 Å². The summed E-state index contributed by atoms with van der Waals surface area (Å²) in [6, 6.07) is 11.4. The molecule has 0 saturated heterocycles. The lowest BCUT2D eigenvalue weighted by Crippen LogP contribution is -2.45. The molecule has 2 aromatic rings. The molecule has 4 rings (SSSR count). The second-order valence-electron chi connectivity index (χ2n) is 6.91. The molecule has 1 unspecified atom stereocenters. The molecule has 7 nitrogen and oxygen atoms in total. The first-order chi connectivity index (χ1) is 13.5. The van der Waals surface area contributed by atoms with Crippen LogP contribution in [0.3, 0.4) is 0 Å². The van der Waals surface area contributed by atoms with Crippen LogP contribution in [0.4, 0.5) is 5.69 Å². The number of carboxylic acids is 1. The number of para-hydroxylation sites is 1. The van der Waals surface area contributed by atoms with Crippen molar-refractivity contribution in [2.75, 3.05) is 18.1 Å². The Labute approximate surface area is 161 Å². The number of carboxylic acid groups (broad SMARTS) is 1. The molecule has 2 N–H and O–H groups in total. The molecule has 2 aliphatic rings. The van der Waals surface area contributed by atoms with Gasteiger partial charge in [0, 0.05) is 18.5 Å². The first-order valence-corrected chi connectivity index (χ1v) is 9.19. The molecular weight excluding hydrogens is 360 g/mol. The van der Waals surface area contributed by atoms with Gasteiger partial charge in [-0.3, -0.25) is 9.59 Å². The first-order valence-electron chi connectivity index (χ1n) is 9.19. The number of carbonyl (C=O) groups excluding carboxylic acids is 2. The number of amides is 2. The number of aliphatic carboxylic acids is 1. The van der Waals surface area contributed by atoms with Crippen LogP contribution in [0.2, 0.25) is 0 Å². The molecule has 2 heterocycles. The fourth-order valence-electron chi connectivity index (χ4n) is 3.69. The quantitative estimate of drug-likeness (QED) is 0.825. The molecule has 0 saturated carbocycles. The molecular formula is C21H20N2O5. The smallest absolute Gasteiger partial charge is 0.330 e. The SMILES string of the molecule is O=C(CN1C(=O)CCc2ccccc21)NC(C(=O)O)c1ccc2c(c1)CCO2. The zero-order valence-electron chi connectivity index (χ0n) is 15.2. The van der Waals surface area contributed by atoms with Gasteiger partial charge in [-0.25, -0.2) is 4.79 Å². The predicted molar refractivity (Wildman–Crippen MR) is 101 cm³/mol. The molecule has 0 radical (unpaired) electrons. The Morgan fingerprint density at radius 3 is 2.75 bits per heavy atom. The van der Waals surface area contributed by atoms with Crippen LogP contribution in [0.15, 0.2) is 42.5 Å². The van der Waals surface area contributed by atoms with Crippen molar-refractivity contribution in [2.24, 2.45) is 0 Å². The number of nitrogens with one attached hydrogen (secondary N) is 1. The number of ether oxygens (including phenoxy) is 1. The summed E-state index contributed by atoms with van der Waals surface area (Å²) in [5.41, 5.74) is 3.12. The fourth-order valence-corrected chi connectivity index (χ4v) is 3.69. The zero-order chi connectivity index (χ0) is 19.7. The normalized spacial score (nSPS) is 16.0. The molecule has 0 aliphatic carbocycles. The van der Waals surface area contributed by atoms with E-state index in [1.54, 1.807) is 24.3 Å². The van der Waals surface area contributed by atoms with E-state index in [1.807, 2.05) is 18.2 Å². The second-order valence-corrected chi connectivity index (χ2v) is 6.91. The highest BCUT2D eigenvalue weighted by Gasteiger charge is 2.29. The van der Waals surface area contributed by atoms with E-state index < -0.39 is 17.9 Å². The highest BCUT2D eigenvalue weighted by molar-refractivity contribution is 6.01. The third-order valence-corrected chi connectivity index (χ3v) is 5.09. The van der Waals surface area contributed by atoms with E-state index in [2.05, 4.69) is 5.32 Å². The number of fused-ring (bicyclic) bond motifs is 2. The highest BCUT2D eigenvalue weighted by Crippen LogP contribution is 2.29. The first kappa shape index (κ1) is 18.0. The maximum absolute atomic E-state index is 12.6. The largest absolute Gasteiger partial charge is 0.493 e. The Balaban J connectivity index is 1.52. The Hall–Kier alpha value is -3.35. The number of aryl methyl sites for hydroxylation is 1. The van der Waals surface area contributed by atoms with Gasteiger partial charge in [-0.1, -0.05) is 24.3 Å². The molecule has 0 bridgehead atoms. The van der Waals surface area contributed by atoms with Crippen molar-refractivity contribution in [3.63, 3.8) is 0 Å². The zero-order valence-corrected chi connectivity index (χ0v) is 15.2. The number of carbonyl (C=O) groups is 3. The molecule has 0 fully saturated rings. The Morgan fingerprint density at radius 1 is 1.11 bits per heavy atom. The maximum Gasteiger partial charge on any atom is 0.330 e. The lowest BCUT2D eigenvalue weighted by atomic mass is 10.0. The van der Waals surface area contributed by atoms with Crippen LogP contribution in [0.1, 0.15) is 29.2 Å². The van der Waals surface area contributed by atoms with Crippen LogP contribution in [-0.4, -0.2) is 36.0 Å². The van der Waals surface area contributed by atoms with E-state index in [0.29, 0.717) is 37.1 Å². The summed E-state index contributed by atoms with van der Waals surface area (Å²) >= 11 is 0. The third-order valence-electron chi connectivity index (χ3n) is 5.09. The molecule has 0 spiro atoms. The summed E-state index contributed by atoms with van der Waals surface area (Å²) in [7, 11) is 0. The second kappa shape index (κ2) is 7.34. The Bertz CT molecular complexity index is 956.